The molecule has 0 amide bonds. The number of rotatable bonds is 5. The van der Waals surface area contributed by atoms with Gasteiger partial charge in [-0.1, -0.05) is 30.9 Å². The highest BCUT2D eigenvalue weighted by molar-refractivity contribution is 7.10. The van der Waals surface area contributed by atoms with Crippen molar-refractivity contribution in [2.75, 3.05) is 6.61 Å². The van der Waals surface area contributed by atoms with Gasteiger partial charge >= 0.3 is 0 Å². The first-order valence-electron chi connectivity index (χ1n) is 6.56. The Kier molecular flexibility index (Phi) is 5.04. The monoisotopic (exact) mass is 288 g/mol. The first-order valence-corrected chi connectivity index (χ1v) is 7.82. The minimum absolute atomic E-state index is 0.00903. The lowest BCUT2D eigenvalue weighted by Crippen LogP contribution is -2.49. The van der Waals surface area contributed by atoms with Crippen LogP contribution >= 0.6 is 22.9 Å². The lowest BCUT2D eigenvalue weighted by Gasteiger charge is -2.42. The van der Waals surface area contributed by atoms with Gasteiger partial charge in [-0.25, -0.2) is 5.43 Å². The van der Waals surface area contributed by atoms with Gasteiger partial charge in [-0.15, -0.1) is 11.3 Å². The largest absolute Gasteiger partial charge is 0.373 e. The summed E-state index contributed by atoms with van der Waals surface area (Å²) in [6, 6.07) is 1.92. The molecule has 18 heavy (non-hydrogen) atoms. The SMILES string of the molecule is CCOC1(C(NN)c2sccc2Cl)CCCCC1. The molecule has 0 aliphatic heterocycles. The highest BCUT2D eigenvalue weighted by Gasteiger charge is 2.42. The van der Waals surface area contributed by atoms with Crippen molar-refractivity contribution < 1.29 is 4.74 Å². The summed E-state index contributed by atoms with van der Waals surface area (Å²) in [5.41, 5.74) is 2.74. The summed E-state index contributed by atoms with van der Waals surface area (Å²) in [5.74, 6) is 5.80. The van der Waals surface area contributed by atoms with Crippen molar-refractivity contribution in [3.63, 3.8) is 0 Å². The van der Waals surface area contributed by atoms with Crippen molar-refractivity contribution in [2.24, 2.45) is 5.84 Å². The predicted octanol–water partition coefficient (Wildman–Crippen LogP) is 3.65. The molecule has 3 nitrogen and oxygen atoms in total. The maximum Gasteiger partial charge on any atom is 0.0897 e. The molecule has 5 heteroatoms. The zero-order chi connectivity index (χ0) is 13.0. The Morgan fingerprint density at radius 1 is 1.50 bits per heavy atom. The van der Waals surface area contributed by atoms with Gasteiger partial charge in [-0.05, 0) is 31.2 Å². The number of hydrogen-bond donors (Lipinski definition) is 2. The van der Waals surface area contributed by atoms with E-state index in [4.69, 9.17) is 22.2 Å². The first kappa shape index (κ1) is 14.3. The fraction of sp³-hybridized carbons (Fsp3) is 0.692. The van der Waals surface area contributed by atoms with Crippen LogP contribution in [0.1, 0.15) is 49.9 Å². The van der Waals surface area contributed by atoms with Gasteiger partial charge in [0.15, 0.2) is 0 Å². The molecule has 1 aromatic rings. The van der Waals surface area contributed by atoms with E-state index in [0.29, 0.717) is 6.61 Å². The normalized spacial score (nSPS) is 20.8. The molecule has 1 aliphatic carbocycles. The molecule has 1 aliphatic rings. The highest BCUT2D eigenvalue weighted by Crippen LogP contribution is 2.44. The third-order valence-corrected chi connectivity index (χ3v) is 5.15. The second kappa shape index (κ2) is 6.35. The van der Waals surface area contributed by atoms with Gasteiger partial charge in [0.1, 0.15) is 0 Å². The van der Waals surface area contributed by atoms with E-state index in [0.717, 1.165) is 22.7 Å². The standard InChI is InChI=1S/C13H21ClN2OS/c1-2-17-13(7-4-3-5-8-13)12(16-15)11-10(14)6-9-18-11/h6,9,12,16H,2-5,7-8,15H2,1H3. The summed E-state index contributed by atoms with van der Waals surface area (Å²) in [6.07, 6.45) is 5.76. The lowest BCUT2D eigenvalue weighted by molar-refractivity contribution is -0.0905. The van der Waals surface area contributed by atoms with E-state index in [-0.39, 0.29) is 11.6 Å². The lowest BCUT2D eigenvalue weighted by atomic mass is 9.78. The smallest absolute Gasteiger partial charge is 0.0897 e. The molecule has 102 valence electrons. The van der Waals surface area contributed by atoms with Crippen LogP contribution in [0.4, 0.5) is 0 Å². The molecule has 2 rings (SSSR count). The van der Waals surface area contributed by atoms with Gasteiger partial charge in [-0.3, -0.25) is 5.84 Å². The quantitative estimate of drug-likeness (QED) is 0.642. The Hall–Kier alpha value is -0.130. The third kappa shape index (κ3) is 2.73. The number of hydrazine groups is 1. The van der Waals surface area contributed by atoms with Crippen LogP contribution in [0.5, 0.6) is 0 Å². The molecule has 0 saturated heterocycles. The summed E-state index contributed by atoms with van der Waals surface area (Å²) >= 11 is 7.90. The van der Waals surface area contributed by atoms with Crippen LogP contribution in [0, 0.1) is 0 Å². The van der Waals surface area contributed by atoms with E-state index in [2.05, 4.69) is 5.43 Å². The maximum atomic E-state index is 6.25. The van der Waals surface area contributed by atoms with Crippen molar-refractivity contribution in [3.05, 3.63) is 21.3 Å². The predicted molar refractivity (Wildman–Crippen MR) is 76.8 cm³/mol. The van der Waals surface area contributed by atoms with Gasteiger partial charge in [0.2, 0.25) is 0 Å². The molecule has 0 spiro atoms. The van der Waals surface area contributed by atoms with Crippen LogP contribution in [0.2, 0.25) is 5.02 Å². The van der Waals surface area contributed by atoms with Crippen LogP contribution in [0.3, 0.4) is 0 Å². The third-order valence-electron chi connectivity index (χ3n) is 3.73. The van der Waals surface area contributed by atoms with Crippen LogP contribution < -0.4 is 11.3 Å². The van der Waals surface area contributed by atoms with Crippen molar-refractivity contribution in [2.45, 2.75) is 50.7 Å². The summed E-state index contributed by atoms with van der Waals surface area (Å²) in [5, 5.41) is 2.79. The van der Waals surface area contributed by atoms with Crippen LogP contribution in [0.25, 0.3) is 0 Å². The van der Waals surface area contributed by atoms with Gasteiger partial charge in [0.25, 0.3) is 0 Å². The van der Waals surface area contributed by atoms with Gasteiger partial charge in [0, 0.05) is 11.5 Å². The van der Waals surface area contributed by atoms with Crippen LogP contribution in [0.15, 0.2) is 11.4 Å². The molecule has 1 atom stereocenters. The summed E-state index contributed by atoms with van der Waals surface area (Å²) in [6.45, 7) is 2.75. The summed E-state index contributed by atoms with van der Waals surface area (Å²) in [7, 11) is 0. The maximum absolute atomic E-state index is 6.25. The fourth-order valence-corrected chi connectivity index (χ4v) is 4.26. The molecule has 1 unspecified atom stereocenters. The van der Waals surface area contributed by atoms with E-state index < -0.39 is 0 Å². The topological polar surface area (TPSA) is 47.3 Å². The average Bonchev–Trinajstić information content (AvgIpc) is 2.78. The Morgan fingerprint density at radius 2 is 2.22 bits per heavy atom. The van der Waals surface area contributed by atoms with Gasteiger partial charge in [0.05, 0.1) is 16.7 Å². The Bertz CT molecular complexity index is 371. The summed E-state index contributed by atoms with van der Waals surface area (Å²) in [4.78, 5) is 1.09. The number of thiophene rings is 1. The Morgan fingerprint density at radius 3 is 2.72 bits per heavy atom. The number of nitrogens with one attached hydrogen (secondary N) is 1. The fourth-order valence-electron chi connectivity index (χ4n) is 2.93. The number of hydrogen-bond acceptors (Lipinski definition) is 4. The van der Waals surface area contributed by atoms with Gasteiger partial charge < -0.3 is 4.74 Å². The number of nitrogens with two attached hydrogens (primary N) is 1. The van der Waals surface area contributed by atoms with E-state index >= 15 is 0 Å². The van der Waals surface area contributed by atoms with E-state index in [1.165, 1.54) is 19.3 Å². The summed E-state index contributed by atoms with van der Waals surface area (Å²) < 4.78 is 6.11. The molecule has 0 bridgehead atoms. The highest BCUT2D eigenvalue weighted by atomic mass is 35.5. The van der Waals surface area contributed by atoms with E-state index in [9.17, 15) is 0 Å². The molecular formula is C13H21ClN2OS. The Balaban J connectivity index is 2.29. The zero-order valence-electron chi connectivity index (χ0n) is 10.7. The molecule has 1 heterocycles. The molecule has 3 N–H and O–H groups in total. The molecule has 0 aromatic carbocycles. The van der Waals surface area contributed by atoms with Crippen molar-refractivity contribution >= 4 is 22.9 Å². The van der Waals surface area contributed by atoms with Crippen molar-refractivity contribution in [1.29, 1.82) is 0 Å². The van der Waals surface area contributed by atoms with Crippen molar-refractivity contribution in [1.82, 2.24) is 5.43 Å². The zero-order valence-corrected chi connectivity index (χ0v) is 12.3. The van der Waals surface area contributed by atoms with Crippen molar-refractivity contribution in [3.8, 4) is 0 Å². The van der Waals surface area contributed by atoms with E-state index in [1.54, 1.807) is 11.3 Å². The second-order valence-electron chi connectivity index (χ2n) is 4.79. The number of halogens is 1. The van der Waals surface area contributed by atoms with Gasteiger partial charge in [-0.2, -0.15) is 0 Å². The Labute approximate surface area is 118 Å². The molecule has 0 radical (unpaired) electrons. The molecule has 1 aromatic heterocycles. The van der Waals surface area contributed by atoms with E-state index in [1.807, 2.05) is 18.4 Å². The molecule has 1 fully saturated rings. The second-order valence-corrected chi connectivity index (χ2v) is 6.15. The average molecular weight is 289 g/mol. The minimum Gasteiger partial charge on any atom is -0.373 e. The first-order chi connectivity index (χ1) is 8.73. The number of ether oxygens (including phenoxy) is 1. The van der Waals surface area contributed by atoms with Crippen LogP contribution in [-0.4, -0.2) is 12.2 Å². The van der Waals surface area contributed by atoms with Crippen LogP contribution in [-0.2, 0) is 4.74 Å². The molecular weight excluding hydrogens is 268 g/mol. The molecule has 1 saturated carbocycles. The minimum atomic E-state index is -0.198.